The number of hydrogen-bond acceptors (Lipinski definition) is 3. The van der Waals surface area contributed by atoms with E-state index in [1.165, 1.54) is 0 Å². The molecule has 0 spiro atoms. The number of carboxylic acids is 1. The van der Waals surface area contributed by atoms with E-state index in [-0.39, 0.29) is 18.7 Å². The highest BCUT2D eigenvalue weighted by Crippen LogP contribution is 2.20. The highest BCUT2D eigenvalue weighted by atomic mass is 16.4. The molecule has 1 aromatic heterocycles. The first-order valence-electron chi connectivity index (χ1n) is 6.10. The topological polar surface area (TPSA) is 79.5 Å². The first kappa shape index (κ1) is 13.1. The van der Waals surface area contributed by atoms with E-state index >= 15 is 0 Å². The lowest BCUT2D eigenvalue weighted by molar-refractivity contribution is -0.138. The summed E-state index contributed by atoms with van der Waals surface area (Å²) in [6.45, 7) is 0.474. The number of hydrogen-bond donors (Lipinski definition) is 2. The number of para-hydroxylation sites is 1. The fraction of sp³-hybridized carbons (Fsp3) is 0.286. The Kier molecular flexibility index (Phi) is 4.18. The van der Waals surface area contributed by atoms with Gasteiger partial charge in [0.1, 0.15) is 5.58 Å². The van der Waals surface area contributed by atoms with Gasteiger partial charge >= 0.3 is 5.97 Å². The van der Waals surface area contributed by atoms with Gasteiger partial charge < -0.3 is 14.8 Å². The molecule has 0 aliphatic heterocycles. The van der Waals surface area contributed by atoms with Crippen molar-refractivity contribution in [2.24, 2.45) is 0 Å². The molecule has 1 aromatic carbocycles. The van der Waals surface area contributed by atoms with Crippen molar-refractivity contribution in [3.63, 3.8) is 0 Å². The van der Waals surface area contributed by atoms with Gasteiger partial charge in [-0.3, -0.25) is 9.59 Å². The molecule has 0 saturated carbocycles. The van der Waals surface area contributed by atoms with E-state index in [9.17, 15) is 9.59 Å². The van der Waals surface area contributed by atoms with Gasteiger partial charge in [0.2, 0.25) is 5.91 Å². The van der Waals surface area contributed by atoms with Gasteiger partial charge in [-0.05, 0) is 18.1 Å². The van der Waals surface area contributed by atoms with Crippen LogP contribution in [0.2, 0.25) is 0 Å². The van der Waals surface area contributed by atoms with Crippen LogP contribution in [0.1, 0.15) is 18.4 Å². The molecular weight excluding hydrogens is 246 g/mol. The monoisotopic (exact) mass is 261 g/mol. The molecule has 0 saturated heterocycles. The Bertz CT molecular complexity index is 588. The summed E-state index contributed by atoms with van der Waals surface area (Å²) in [5.41, 5.74) is 1.86. The maximum atomic E-state index is 11.3. The van der Waals surface area contributed by atoms with E-state index in [1.807, 2.05) is 24.3 Å². The lowest BCUT2D eigenvalue weighted by Crippen LogP contribution is -2.25. The van der Waals surface area contributed by atoms with E-state index in [0.717, 1.165) is 16.5 Å². The summed E-state index contributed by atoms with van der Waals surface area (Å²) < 4.78 is 5.40. The zero-order valence-corrected chi connectivity index (χ0v) is 10.4. The van der Waals surface area contributed by atoms with Crippen LogP contribution in [0.3, 0.4) is 0 Å². The molecule has 1 amide bonds. The van der Waals surface area contributed by atoms with Gasteiger partial charge in [-0.2, -0.15) is 0 Å². The summed E-state index contributed by atoms with van der Waals surface area (Å²) >= 11 is 0. The van der Waals surface area contributed by atoms with Crippen molar-refractivity contribution in [3.8, 4) is 0 Å². The number of benzene rings is 1. The van der Waals surface area contributed by atoms with E-state index < -0.39 is 5.97 Å². The summed E-state index contributed by atoms with van der Waals surface area (Å²) in [5, 5.41) is 12.2. The zero-order chi connectivity index (χ0) is 13.7. The summed E-state index contributed by atoms with van der Waals surface area (Å²) in [7, 11) is 0. The molecule has 0 aliphatic carbocycles. The van der Waals surface area contributed by atoms with Crippen LogP contribution in [0.25, 0.3) is 11.0 Å². The smallest absolute Gasteiger partial charge is 0.303 e. The van der Waals surface area contributed by atoms with E-state index in [1.54, 1.807) is 6.26 Å². The minimum atomic E-state index is -0.962. The van der Waals surface area contributed by atoms with Crippen LogP contribution in [0.5, 0.6) is 0 Å². The number of carboxylic acid groups (broad SMARTS) is 1. The highest BCUT2D eigenvalue weighted by Gasteiger charge is 2.07. The Balaban J connectivity index is 1.83. The van der Waals surface area contributed by atoms with Gasteiger partial charge in [0.05, 0.1) is 12.7 Å². The van der Waals surface area contributed by atoms with Crippen molar-refractivity contribution in [1.82, 2.24) is 5.32 Å². The van der Waals surface area contributed by atoms with Crippen molar-refractivity contribution in [2.75, 3.05) is 6.54 Å². The second-order valence-corrected chi connectivity index (χ2v) is 4.25. The number of carbonyl (C=O) groups excluding carboxylic acids is 1. The third-order valence-electron chi connectivity index (χ3n) is 2.84. The standard InChI is InChI=1S/C14H15NO4/c16-13(5-6-14(17)18)15-8-7-10-9-19-12-4-2-1-3-11(10)12/h1-4,9H,5-8H2,(H,15,16)(H,17,18). The predicted molar refractivity (Wildman–Crippen MR) is 69.8 cm³/mol. The van der Waals surface area contributed by atoms with Gasteiger partial charge in [0, 0.05) is 18.4 Å². The molecule has 19 heavy (non-hydrogen) atoms. The molecule has 100 valence electrons. The normalized spacial score (nSPS) is 10.5. The van der Waals surface area contributed by atoms with Crippen molar-refractivity contribution in [2.45, 2.75) is 19.3 Å². The Labute approximate surface area is 110 Å². The molecule has 2 aromatic rings. The molecule has 0 aliphatic rings. The minimum Gasteiger partial charge on any atom is -0.481 e. The lowest BCUT2D eigenvalue weighted by Gasteiger charge is -2.03. The number of fused-ring (bicyclic) bond motifs is 1. The van der Waals surface area contributed by atoms with Crippen LogP contribution in [0, 0.1) is 0 Å². The molecule has 0 atom stereocenters. The molecule has 0 bridgehead atoms. The first-order valence-corrected chi connectivity index (χ1v) is 6.10. The minimum absolute atomic E-state index is 0.0153. The van der Waals surface area contributed by atoms with Gasteiger partial charge in [-0.1, -0.05) is 18.2 Å². The van der Waals surface area contributed by atoms with Gasteiger partial charge in [0.15, 0.2) is 0 Å². The number of carbonyl (C=O) groups is 2. The van der Waals surface area contributed by atoms with Gasteiger partial charge in [-0.25, -0.2) is 0 Å². The maximum Gasteiger partial charge on any atom is 0.303 e. The molecular formula is C14H15NO4. The SMILES string of the molecule is O=C(O)CCC(=O)NCCc1coc2ccccc12. The zero-order valence-electron chi connectivity index (χ0n) is 10.4. The summed E-state index contributed by atoms with van der Waals surface area (Å²) in [5.74, 6) is -1.20. The third kappa shape index (κ3) is 3.58. The molecule has 2 N–H and O–H groups in total. The molecule has 5 nitrogen and oxygen atoms in total. The second-order valence-electron chi connectivity index (χ2n) is 4.25. The van der Waals surface area contributed by atoms with Crippen LogP contribution >= 0.6 is 0 Å². The fourth-order valence-electron chi connectivity index (χ4n) is 1.87. The number of nitrogens with one attached hydrogen (secondary N) is 1. The van der Waals surface area contributed by atoms with Crippen LogP contribution < -0.4 is 5.32 Å². The largest absolute Gasteiger partial charge is 0.481 e. The number of furan rings is 1. The third-order valence-corrected chi connectivity index (χ3v) is 2.84. The average molecular weight is 261 g/mol. The van der Waals surface area contributed by atoms with E-state index in [4.69, 9.17) is 9.52 Å². The predicted octanol–water partition coefficient (Wildman–Crippen LogP) is 1.96. The van der Waals surface area contributed by atoms with Crippen molar-refractivity contribution in [3.05, 3.63) is 36.1 Å². The van der Waals surface area contributed by atoms with E-state index in [2.05, 4.69) is 5.32 Å². The average Bonchev–Trinajstić information content (AvgIpc) is 2.80. The summed E-state index contributed by atoms with van der Waals surface area (Å²) in [4.78, 5) is 21.7. The van der Waals surface area contributed by atoms with Crippen LogP contribution in [0.15, 0.2) is 34.9 Å². The van der Waals surface area contributed by atoms with E-state index in [0.29, 0.717) is 13.0 Å². The lowest BCUT2D eigenvalue weighted by atomic mass is 10.1. The molecule has 0 fully saturated rings. The summed E-state index contributed by atoms with van der Waals surface area (Å²) in [6, 6.07) is 7.71. The van der Waals surface area contributed by atoms with Crippen molar-refractivity contribution in [1.29, 1.82) is 0 Å². The number of aliphatic carboxylic acids is 1. The highest BCUT2D eigenvalue weighted by molar-refractivity contribution is 5.82. The van der Waals surface area contributed by atoms with Crippen LogP contribution in [-0.2, 0) is 16.0 Å². The number of rotatable bonds is 6. The molecule has 1 heterocycles. The second kappa shape index (κ2) is 6.04. The molecule has 0 unspecified atom stereocenters. The Morgan fingerprint density at radius 3 is 2.79 bits per heavy atom. The van der Waals surface area contributed by atoms with Gasteiger partial charge in [0.25, 0.3) is 0 Å². The molecule has 5 heteroatoms. The van der Waals surface area contributed by atoms with Crippen LogP contribution in [-0.4, -0.2) is 23.5 Å². The Morgan fingerprint density at radius 1 is 1.21 bits per heavy atom. The van der Waals surface area contributed by atoms with Crippen molar-refractivity contribution >= 4 is 22.8 Å². The molecule has 0 radical (unpaired) electrons. The Hall–Kier alpha value is -2.30. The number of amides is 1. The maximum absolute atomic E-state index is 11.3. The quantitative estimate of drug-likeness (QED) is 0.833. The van der Waals surface area contributed by atoms with Crippen LogP contribution in [0.4, 0.5) is 0 Å². The Morgan fingerprint density at radius 2 is 2.00 bits per heavy atom. The first-order chi connectivity index (χ1) is 9.16. The molecule has 2 rings (SSSR count). The summed E-state index contributed by atoms with van der Waals surface area (Å²) in [6.07, 6.45) is 2.23. The van der Waals surface area contributed by atoms with Gasteiger partial charge in [-0.15, -0.1) is 0 Å². The fourth-order valence-corrected chi connectivity index (χ4v) is 1.87. The van der Waals surface area contributed by atoms with Crippen molar-refractivity contribution < 1.29 is 19.1 Å².